The summed E-state index contributed by atoms with van der Waals surface area (Å²) < 4.78 is 37.5. The van der Waals surface area contributed by atoms with Gasteiger partial charge in [0.25, 0.3) is 0 Å². The number of hydrogen-bond acceptors (Lipinski definition) is 2. The van der Waals surface area contributed by atoms with Gasteiger partial charge in [0.1, 0.15) is 0 Å². The molecule has 3 nitrogen and oxygen atoms in total. The maximum absolute atomic E-state index is 12.5. The average molecular weight is 253 g/mol. The Hall–Kier alpha value is -0.780. The smallest absolute Gasteiger partial charge is 0.403 e. The Kier molecular flexibility index (Phi) is 4.80. The van der Waals surface area contributed by atoms with Gasteiger partial charge in [0.15, 0.2) is 5.92 Å². The molecule has 1 heterocycles. The summed E-state index contributed by atoms with van der Waals surface area (Å²) in [6, 6.07) is 0. The third kappa shape index (κ3) is 4.18. The number of piperidine rings is 1. The summed E-state index contributed by atoms with van der Waals surface area (Å²) in [5.41, 5.74) is 0. The molecular weight excluding hydrogens is 235 g/mol. The van der Waals surface area contributed by atoms with Crippen LogP contribution in [-0.2, 0) is 4.79 Å². The second-order valence-corrected chi connectivity index (χ2v) is 4.61. The first-order valence-electron chi connectivity index (χ1n) is 5.86. The molecule has 1 rings (SSSR count). The van der Waals surface area contributed by atoms with Crippen molar-refractivity contribution in [2.24, 2.45) is 11.8 Å². The molecule has 0 aromatic rings. The summed E-state index contributed by atoms with van der Waals surface area (Å²) >= 11 is 0. The van der Waals surface area contributed by atoms with Crippen LogP contribution in [-0.4, -0.2) is 41.8 Å². The topological polar surface area (TPSA) is 40.5 Å². The van der Waals surface area contributed by atoms with Crippen LogP contribution in [0.3, 0.4) is 0 Å². The molecule has 1 N–H and O–H groups in total. The van der Waals surface area contributed by atoms with E-state index in [1.54, 1.807) is 4.90 Å². The van der Waals surface area contributed by atoms with Crippen molar-refractivity contribution in [3.63, 3.8) is 0 Å². The van der Waals surface area contributed by atoms with Gasteiger partial charge in [0.05, 0.1) is 0 Å². The number of rotatable bonds is 4. The van der Waals surface area contributed by atoms with Crippen molar-refractivity contribution in [2.45, 2.75) is 32.4 Å². The monoisotopic (exact) mass is 253 g/mol. The summed E-state index contributed by atoms with van der Waals surface area (Å²) in [4.78, 5) is 12.3. The minimum Gasteiger partial charge on any atom is -0.481 e. The Balaban J connectivity index is 2.58. The van der Waals surface area contributed by atoms with Gasteiger partial charge in [0.2, 0.25) is 0 Å². The fourth-order valence-electron chi connectivity index (χ4n) is 2.23. The van der Waals surface area contributed by atoms with Crippen molar-refractivity contribution in [3.05, 3.63) is 0 Å². The second kappa shape index (κ2) is 5.71. The van der Waals surface area contributed by atoms with E-state index in [1.807, 2.05) is 6.92 Å². The van der Waals surface area contributed by atoms with Gasteiger partial charge in [-0.05, 0) is 25.3 Å². The van der Waals surface area contributed by atoms with Gasteiger partial charge in [-0.2, -0.15) is 13.2 Å². The molecule has 0 spiro atoms. The third-order valence-electron chi connectivity index (χ3n) is 3.31. The van der Waals surface area contributed by atoms with E-state index in [0.29, 0.717) is 19.0 Å². The van der Waals surface area contributed by atoms with Crippen molar-refractivity contribution in [2.75, 3.05) is 19.6 Å². The van der Waals surface area contributed by atoms with E-state index in [-0.39, 0.29) is 0 Å². The lowest BCUT2D eigenvalue weighted by molar-refractivity contribution is -0.197. The molecule has 1 fully saturated rings. The molecule has 100 valence electrons. The molecule has 1 aliphatic heterocycles. The van der Waals surface area contributed by atoms with Crippen molar-refractivity contribution in [1.29, 1.82) is 0 Å². The molecule has 6 heteroatoms. The number of carbonyl (C=O) groups is 1. The van der Waals surface area contributed by atoms with Gasteiger partial charge in [-0.1, -0.05) is 13.3 Å². The summed E-state index contributed by atoms with van der Waals surface area (Å²) in [5.74, 6) is -3.65. The zero-order valence-corrected chi connectivity index (χ0v) is 9.83. The highest BCUT2D eigenvalue weighted by Gasteiger charge is 2.46. The van der Waals surface area contributed by atoms with Gasteiger partial charge in [-0.3, -0.25) is 4.79 Å². The molecule has 0 aliphatic carbocycles. The Morgan fingerprint density at radius 3 is 2.65 bits per heavy atom. The minimum atomic E-state index is -4.66. The maximum Gasteiger partial charge on any atom is 0.403 e. The Bertz CT molecular complexity index is 268. The standard InChI is InChI=1S/C11H18F3NO2/c1-2-8-4-3-5-15(6-8)7-9(10(16)17)11(12,13)14/h8-9H,2-7H2,1H3,(H,16,17). The number of hydrogen-bond donors (Lipinski definition) is 1. The highest BCUT2D eigenvalue weighted by molar-refractivity contribution is 5.71. The molecule has 17 heavy (non-hydrogen) atoms. The van der Waals surface area contributed by atoms with E-state index in [0.717, 1.165) is 19.3 Å². The first-order valence-corrected chi connectivity index (χ1v) is 5.86. The molecule has 0 aromatic heterocycles. The van der Waals surface area contributed by atoms with Crippen LogP contribution >= 0.6 is 0 Å². The number of alkyl halides is 3. The molecule has 0 aromatic carbocycles. The lowest BCUT2D eigenvalue weighted by Crippen LogP contribution is -2.45. The number of nitrogens with zero attached hydrogens (tertiary/aromatic N) is 1. The van der Waals surface area contributed by atoms with E-state index < -0.39 is 24.6 Å². The molecule has 1 aliphatic rings. The van der Waals surface area contributed by atoms with Crippen LogP contribution in [0.5, 0.6) is 0 Å². The molecule has 0 radical (unpaired) electrons. The maximum atomic E-state index is 12.5. The van der Waals surface area contributed by atoms with Crippen LogP contribution < -0.4 is 0 Å². The SMILES string of the molecule is CCC1CCCN(CC(C(=O)O)C(F)(F)F)C1. The quantitative estimate of drug-likeness (QED) is 0.836. The first kappa shape index (κ1) is 14.3. The zero-order chi connectivity index (χ0) is 13.1. The number of carboxylic acid groups (broad SMARTS) is 1. The Morgan fingerprint density at radius 1 is 1.53 bits per heavy atom. The predicted molar refractivity (Wildman–Crippen MR) is 56.6 cm³/mol. The zero-order valence-electron chi connectivity index (χ0n) is 9.83. The average Bonchev–Trinajstić information content (AvgIpc) is 2.24. The van der Waals surface area contributed by atoms with Crippen molar-refractivity contribution in [3.8, 4) is 0 Å². The summed E-state index contributed by atoms with van der Waals surface area (Å²) in [6.07, 6.45) is -1.86. The fraction of sp³-hybridized carbons (Fsp3) is 0.909. The fourth-order valence-corrected chi connectivity index (χ4v) is 2.23. The molecule has 0 saturated carbocycles. The van der Waals surface area contributed by atoms with Crippen molar-refractivity contribution in [1.82, 2.24) is 4.90 Å². The van der Waals surface area contributed by atoms with Gasteiger partial charge >= 0.3 is 12.1 Å². The van der Waals surface area contributed by atoms with E-state index >= 15 is 0 Å². The van der Waals surface area contributed by atoms with Crippen LogP contribution in [0.15, 0.2) is 0 Å². The molecule has 0 bridgehead atoms. The van der Waals surface area contributed by atoms with E-state index in [1.165, 1.54) is 0 Å². The molecule has 1 saturated heterocycles. The van der Waals surface area contributed by atoms with E-state index in [4.69, 9.17) is 5.11 Å². The first-order chi connectivity index (χ1) is 7.84. The third-order valence-corrected chi connectivity index (χ3v) is 3.31. The number of aliphatic carboxylic acids is 1. The highest BCUT2D eigenvalue weighted by Crippen LogP contribution is 2.29. The van der Waals surface area contributed by atoms with Crippen LogP contribution in [0.25, 0.3) is 0 Å². The Labute approximate surface area is 98.6 Å². The second-order valence-electron chi connectivity index (χ2n) is 4.61. The summed E-state index contributed by atoms with van der Waals surface area (Å²) in [6.45, 7) is 2.73. The molecule has 2 unspecified atom stereocenters. The minimum absolute atomic E-state index is 0.395. The number of halogens is 3. The normalized spacial score (nSPS) is 24.6. The number of likely N-dealkylation sites (tertiary alicyclic amines) is 1. The van der Waals surface area contributed by atoms with Crippen molar-refractivity contribution < 1.29 is 23.1 Å². The molecule has 0 amide bonds. The number of carboxylic acids is 1. The molecular formula is C11H18F3NO2. The van der Waals surface area contributed by atoms with Gasteiger partial charge in [-0.15, -0.1) is 0 Å². The predicted octanol–water partition coefficient (Wildman–Crippen LogP) is 2.37. The highest BCUT2D eigenvalue weighted by atomic mass is 19.4. The lowest BCUT2D eigenvalue weighted by Gasteiger charge is -2.34. The van der Waals surface area contributed by atoms with Gasteiger partial charge in [0, 0.05) is 13.1 Å². The van der Waals surface area contributed by atoms with Crippen LogP contribution in [0, 0.1) is 11.8 Å². The largest absolute Gasteiger partial charge is 0.481 e. The van der Waals surface area contributed by atoms with Crippen molar-refractivity contribution >= 4 is 5.97 Å². The summed E-state index contributed by atoms with van der Waals surface area (Å²) in [7, 11) is 0. The van der Waals surface area contributed by atoms with Crippen LogP contribution in [0.2, 0.25) is 0 Å². The van der Waals surface area contributed by atoms with E-state index in [2.05, 4.69) is 0 Å². The van der Waals surface area contributed by atoms with Crippen LogP contribution in [0.1, 0.15) is 26.2 Å². The lowest BCUT2D eigenvalue weighted by atomic mass is 9.94. The Morgan fingerprint density at radius 2 is 2.18 bits per heavy atom. The van der Waals surface area contributed by atoms with Gasteiger partial charge < -0.3 is 10.0 Å². The van der Waals surface area contributed by atoms with Crippen LogP contribution in [0.4, 0.5) is 13.2 Å². The molecule has 2 atom stereocenters. The van der Waals surface area contributed by atoms with Gasteiger partial charge in [-0.25, -0.2) is 0 Å². The summed E-state index contributed by atoms with van der Waals surface area (Å²) in [5, 5.41) is 8.62. The van der Waals surface area contributed by atoms with E-state index in [9.17, 15) is 18.0 Å².